The zero-order chi connectivity index (χ0) is 14.7. The van der Waals surface area contributed by atoms with Crippen LogP contribution in [0.2, 0.25) is 0 Å². The number of aromatic hydroxyl groups is 1. The zero-order valence-electron chi connectivity index (χ0n) is 12.1. The number of phenols is 1. The first-order valence-corrected chi connectivity index (χ1v) is 7.13. The third-order valence-corrected chi connectivity index (χ3v) is 3.60. The Morgan fingerprint density at radius 3 is 2.76 bits per heavy atom. The van der Waals surface area contributed by atoms with Crippen LogP contribution in [0.25, 0.3) is 0 Å². The third kappa shape index (κ3) is 2.99. The second-order valence-electron chi connectivity index (χ2n) is 5.15. The molecule has 0 fully saturated rings. The number of hydrogen-bond donors (Lipinski definition) is 2. The maximum Gasteiger partial charge on any atom is 0.117 e. The van der Waals surface area contributed by atoms with Crippen LogP contribution >= 0.6 is 0 Å². The largest absolute Gasteiger partial charge is 0.508 e. The molecule has 0 aromatic heterocycles. The van der Waals surface area contributed by atoms with Gasteiger partial charge in [0, 0.05) is 24.0 Å². The Bertz CT molecular complexity index is 667. The number of hydrogen-bond acceptors (Lipinski definition) is 4. The van der Waals surface area contributed by atoms with E-state index in [9.17, 15) is 5.11 Å². The van der Waals surface area contributed by atoms with E-state index in [-0.39, 0.29) is 5.75 Å². The summed E-state index contributed by atoms with van der Waals surface area (Å²) in [5.74, 6) is 1.26. The van der Waals surface area contributed by atoms with E-state index >= 15 is 0 Å². The van der Waals surface area contributed by atoms with Crippen molar-refractivity contribution in [3.05, 3.63) is 54.1 Å². The molecule has 0 saturated heterocycles. The molecule has 2 N–H and O–H groups in total. The Morgan fingerprint density at radius 1 is 1.19 bits per heavy atom. The van der Waals surface area contributed by atoms with Crippen LogP contribution in [0.15, 0.2) is 53.5 Å². The van der Waals surface area contributed by atoms with Crippen LogP contribution in [0.1, 0.15) is 5.56 Å². The summed E-state index contributed by atoms with van der Waals surface area (Å²) in [4.78, 5) is 6.65. The van der Waals surface area contributed by atoms with Crippen LogP contribution in [0, 0.1) is 6.92 Å². The summed E-state index contributed by atoms with van der Waals surface area (Å²) in [6.45, 7) is 4.50. The maximum atomic E-state index is 9.77. The van der Waals surface area contributed by atoms with Gasteiger partial charge in [0.1, 0.15) is 11.6 Å². The second kappa shape index (κ2) is 5.87. The van der Waals surface area contributed by atoms with Gasteiger partial charge in [0.25, 0.3) is 0 Å². The Labute approximate surface area is 124 Å². The molecular formula is C17H19N3O. The van der Waals surface area contributed by atoms with E-state index < -0.39 is 0 Å². The first kappa shape index (κ1) is 13.5. The SMILES string of the molecule is Cc1ccccc1N(CC1=NCCN1)c1cccc(O)c1. The van der Waals surface area contributed by atoms with Crippen molar-refractivity contribution in [2.75, 3.05) is 24.5 Å². The molecule has 21 heavy (non-hydrogen) atoms. The number of anilines is 2. The van der Waals surface area contributed by atoms with Crippen molar-refractivity contribution in [3.63, 3.8) is 0 Å². The van der Waals surface area contributed by atoms with Gasteiger partial charge in [0.15, 0.2) is 0 Å². The number of aliphatic imine (C=N–C) groups is 1. The Hall–Kier alpha value is -2.49. The van der Waals surface area contributed by atoms with Gasteiger partial charge < -0.3 is 15.3 Å². The fourth-order valence-electron chi connectivity index (χ4n) is 2.55. The lowest BCUT2D eigenvalue weighted by Crippen LogP contribution is -2.32. The number of benzene rings is 2. The van der Waals surface area contributed by atoms with Gasteiger partial charge in [-0.1, -0.05) is 24.3 Å². The zero-order valence-corrected chi connectivity index (χ0v) is 12.1. The summed E-state index contributed by atoms with van der Waals surface area (Å²) < 4.78 is 0. The van der Waals surface area contributed by atoms with Crippen molar-refractivity contribution >= 4 is 17.2 Å². The highest BCUT2D eigenvalue weighted by molar-refractivity contribution is 5.90. The highest BCUT2D eigenvalue weighted by Crippen LogP contribution is 2.30. The van der Waals surface area contributed by atoms with Gasteiger partial charge in [-0.25, -0.2) is 0 Å². The molecule has 1 aliphatic rings. The van der Waals surface area contributed by atoms with E-state index in [0.717, 1.165) is 30.3 Å². The van der Waals surface area contributed by atoms with Crippen molar-refractivity contribution in [2.24, 2.45) is 4.99 Å². The van der Waals surface area contributed by atoms with Crippen LogP contribution in [-0.4, -0.2) is 30.6 Å². The first-order valence-electron chi connectivity index (χ1n) is 7.13. The van der Waals surface area contributed by atoms with Gasteiger partial charge in [0.2, 0.25) is 0 Å². The lowest BCUT2D eigenvalue weighted by Gasteiger charge is -2.26. The summed E-state index contributed by atoms with van der Waals surface area (Å²) >= 11 is 0. The summed E-state index contributed by atoms with van der Waals surface area (Å²) in [5.41, 5.74) is 3.28. The molecular weight excluding hydrogens is 262 g/mol. The second-order valence-corrected chi connectivity index (χ2v) is 5.15. The fourth-order valence-corrected chi connectivity index (χ4v) is 2.55. The van der Waals surface area contributed by atoms with Crippen LogP contribution in [0.5, 0.6) is 5.75 Å². The molecule has 2 aromatic carbocycles. The minimum Gasteiger partial charge on any atom is -0.508 e. The molecule has 0 unspecified atom stereocenters. The first-order chi connectivity index (χ1) is 10.2. The average molecular weight is 281 g/mol. The standard InChI is InChI=1S/C17H19N3O/c1-13-5-2-3-8-16(13)20(12-17-18-9-10-19-17)14-6-4-7-15(21)11-14/h2-8,11,21H,9-10,12H2,1H3,(H,18,19). The van der Waals surface area contributed by atoms with Gasteiger partial charge in [-0.15, -0.1) is 0 Å². The molecule has 0 saturated carbocycles. The van der Waals surface area contributed by atoms with Gasteiger partial charge in [0.05, 0.1) is 13.1 Å². The molecule has 0 amide bonds. The monoisotopic (exact) mass is 281 g/mol. The number of amidine groups is 1. The molecule has 0 radical (unpaired) electrons. The quantitative estimate of drug-likeness (QED) is 0.906. The molecule has 1 aliphatic heterocycles. The topological polar surface area (TPSA) is 47.9 Å². The normalized spacial score (nSPS) is 13.7. The summed E-state index contributed by atoms with van der Waals surface area (Å²) in [5, 5.41) is 13.1. The van der Waals surface area contributed by atoms with E-state index in [1.54, 1.807) is 12.1 Å². The van der Waals surface area contributed by atoms with Gasteiger partial charge >= 0.3 is 0 Å². The number of nitrogens with zero attached hydrogens (tertiary/aromatic N) is 2. The molecule has 0 bridgehead atoms. The van der Waals surface area contributed by atoms with Crippen LogP contribution < -0.4 is 10.2 Å². The molecule has 0 aliphatic carbocycles. The van der Waals surface area contributed by atoms with Crippen molar-refractivity contribution < 1.29 is 5.11 Å². The maximum absolute atomic E-state index is 9.77. The Morgan fingerprint density at radius 2 is 2.05 bits per heavy atom. The molecule has 0 atom stereocenters. The molecule has 4 heteroatoms. The lowest BCUT2D eigenvalue weighted by molar-refractivity contribution is 0.475. The van der Waals surface area contributed by atoms with Crippen LogP contribution in [0.4, 0.5) is 11.4 Å². The number of rotatable bonds is 4. The summed E-state index contributed by atoms with van der Waals surface area (Å²) in [6.07, 6.45) is 0. The van der Waals surface area contributed by atoms with E-state index in [4.69, 9.17) is 0 Å². The van der Waals surface area contributed by atoms with Crippen molar-refractivity contribution in [2.45, 2.75) is 6.92 Å². The van der Waals surface area contributed by atoms with Crippen LogP contribution in [0.3, 0.4) is 0 Å². The van der Waals surface area contributed by atoms with E-state index in [1.165, 1.54) is 5.56 Å². The summed E-state index contributed by atoms with van der Waals surface area (Å²) in [6, 6.07) is 15.6. The molecule has 1 heterocycles. The average Bonchev–Trinajstić information content (AvgIpc) is 2.99. The van der Waals surface area contributed by atoms with Crippen molar-refractivity contribution in [1.82, 2.24) is 5.32 Å². The number of aryl methyl sites for hydroxylation is 1. The van der Waals surface area contributed by atoms with Crippen LogP contribution in [-0.2, 0) is 0 Å². The molecule has 0 spiro atoms. The number of nitrogens with one attached hydrogen (secondary N) is 1. The predicted octanol–water partition coefficient (Wildman–Crippen LogP) is 2.84. The Balaban J connectivity index is 2.00. The predicted molar refractivity (Wildman–Crippen MR) is 86.6 cm³/mol. The number of phenolic OH excluding ortho intramolecular Hbond substituents is 1. The fraction of sp³-hybridized carbons (Fsp3) is 0.235. The molecule has 2 aromatic rings. The van der Waals surface area contributed by atoms with Crippen molar-refractivity contribution in [3.8, 4) is 5.75 Å². The van der Waals surface area contributed by atoms with Gasteiger partial charge in [-0.3, -0.25) is 4.99 Å². The third-order valence-electron chi connectivity index (χ3n) is 3.60. The highest BCUT2D eigenvalue weighted by Gasteiger charge is 2.16. The van der Waals surface area contributed by atoms with Crippen molar-refractivity contribution in [1.29, 1.82) is 0 Å². The summed E-state index contributed by atoms with van der Waals surface area (Å²) in [7, 11) is 0. The molecule has 108 valence electrons. The lowest BCUT2D eigenvalue weighted by atomic mass is 10.1. The Kier molecular flexibility index (Phi) is 3.77. The number of para-hydroxylation sites is 1. The van der Waals surface area contributed by atoms with E-state index in [2.05, 4.69) is 34.3 Å². The van der Waals surface area contributed by atoms with Gasteiger partial charge in [-0.05, 0) is 30.7 Å². The molecule has 3 rings (SSSR count). The molecule has 4 nitrogen and oxygen atoms in total. The van der Waals surface area contributed by atoms with Gasteiger partial charge in [-0.2, -0.15) is 0 Å². The smallest absolute Gasteiger partial charge is 0.117 e. The van der Waals surface area contributed by atoms with E-state index in [0.29, 0.717) is 6.54 Å². The minimum atomic E-state index is 0.271. The minimum absolute atomic E-state index is 0.271. The van der Waals surface area contributed by atoms with E-state index in [1.807, 2.05) is 24.3 Å². The highest BCUT2D eigenvalue weighted by atomic mass is 16.3.